The van der Waals surface area contributed by atoms with Crippen molar-refractivity contribution in [1.82, 2.24) is 0 Å². The van der Waals surface area contributed by atoms with Gasteiger partial charge in [-0.1, -0.05) is 140 Å². The van der Waals surface area contributed by atoms with E-state index in [1.54, 1.807) is 0 Å². The molecular weight excluding hydrogens is 494 g/mol. The molecule has 1 heteroatoms. The van der Waals surface area contributed by atoms with E-state index in [-0.39, 0.29) is 0 Å². The largest absolute Gasteiger partial charge is 0.310 e. The topological polar surface area (TPSA) is 3.24 Å². The average Bonchev–Trinajstić information content (AvgIpc) is 3.06. The molecule has 0 amide bonds. The average molecular weight is 524 g/mol. The lowest BCUT2D eigenvalue weighted by Gasteiger charge is -2.27. The van der Waals surface area contributed by atoms with Crippen LogP contribution in [0.1, 0.15) is 0 Å². The highest BCUT2D eigenvalue weighted by Crippen LogP contribution is 2.40. The summed E-state index contributed by atoms with van der Waals surface area (Å²) in [6.07, 6.45) is 0. The van der Waals surface area contributed by atoms with Crippen molar-refractivity contribution < 1.29 is 0 Å². The molecule has 0 spiro atoms. The molecule has 0 aromatic heterocycles. The fourth-order valence-electron chi connectivity index (χ4n) is 5.58. The van der Waals surface area contributed by atoms with Crippen LogP contribution >= 0.6 is 0 Å². The SMILES string of the molecule is c1ccc(-c2ccc(N(c3ccc(-c4cccc(-c5ccccc5)c4)cc3)c3cccc4ccccc34)cc2)cc1. The highest BCUT2D eigenvalue weighted by Gasteiger charge is 2.16. The van der Waals surface area contributed by atoms with Gasteiger partial charge in [0.05, 0.1) is 5.69 Å². The van der Waals surface area contributed by atoms with Gasteiger partial charge >= 0.3 is 0 Å². The summed E-state index contributed by atoms with van der Waals surface area (Å²) in [7, 11) is 0. The lowest BCUT2D eigenvalue weighted by Crippen LogP contribution is -2.10. The Labute approximate surface area is 241 Å². The van der Waals surface area contributed by atoms with E-state index < -0.39 is 0 Å². The molecule has 7 rings (SSSR count). The maximum absolute atomic E-state index is 2.36. The van der Waals surface area contributed by atoms with Crippen LogP contribution in [0.25, 0.3) is 44.2 Å². The second kappa shape index (κ2) is 11.0. The lowest BCUT2D eigenvalue weighted by atomic mass is 9.98. The maximum Gasteiger partial charge on any atom is 0.0540 e. The fourth-order valence-corrected chi connectivity index (χ4v) is 5.58. The number of fused-ring (bicyclic) bond motifs is 1. The molecule has 0 N–H and O–H groups in total. The summed E-state index contributed by atoms with van der Waals surface area (Å²) in [5, 5.41) is 2.45. The molecule has 0 unspecified atom stereocenters. The van der Waals surface area contributed by atoms with Gasteiger partial charge in [-0.25, -0.2) is 0 Å². The van der Waals surface area contributed by atoms with Gasteiger partial charge in [-0.05, 0) is 75.2 Å². The first-order valence-electron chi connectivity index (χ1n) is 14.0. The molecule has 0 bridgehead atoms. The van der Waals surface area contributed by atoms with Crippen LogP contribution in [-0.4, -0.2) is 0 Å². The summed E-state index contributed by atoms with van der Waals surface area (Å²) in [6.45, 7) is 0. The van der Waals surface area contributed by atoms with Gasteiger partial charge in [-0.2, -0.15) is 0 Å². The van der Waals surface area contributed by atoms with Gasteiger partial charge in [-0.15, -0.1) is 0 Å². The molecule has 7 aromatic carbocycles. The Kier molecular flexibility index (Phi) is 6.61. The van der Waals surface area contributed by atoms with Crippen molar-refractivity contribution in [3.05, 3.63) is 176 Å². The molecule has 0 aliphatic rings. The van der Waals surface area contributed by atoms with E-state index in [9.17, 15) is 0 Å². The van der Waals surface area contributed by atoms with Crippen LogP contribution in [0.3, 0.4) is 0 Å². The Bertz CT molecular complexity index is 1900. The lowest BCUT2D eigenvalue weighted by molar-refractivity contribution is 1.30. The second-order valence-electron chi connectivity index (χ2n) is 10.2. The smallest absolute Gasteiger partial charge is 0.0540 e. The minimum Gasteiger partial charge on any atom is -0.310 e. The third kappa shape index (κ3) is 5.02. The molecule has 41 heavy (non-hydrogen) atoms. The molecule has 7 aromatic rings. The molecule has 0 heterocycles. The summed E-state index contributed by atoms with van der Waals surface area (Å²) >= 11 is 0. The summed E-state index contributed by atoms with van der Waals surface area (Å²) < 4.78 is 0. The van der Waals surface area contributed by atoms with E-state index in [2.05, 4.69) is 181 Å². The Balaban J connectivity index is 1.30. The quantitative estimate of drug-likeness (QED) is 0.209. The molecule has 0 atom stereocenters. The Morgan fingerprint density at radius 1 is 0.293 bits per heavy atom. The number of rotatable bonds is 6. The van der Waals surface area contributed by atoms with E-state index in [0.29, 0.717) is 0 Å². The number of hydrogen-bond acceptors (Lipinski definition) is 1. The predicted octanol–water partition coefficient (Wildman–Crippen LogP) is 11.3. The normalized spacial score (nSPS) is 10.9. The molecular formula is C40H29N. The summed E-state index contributed by atoms with van der Waals surface area (Å²) in [5.41, 5.74) is 10.7. The maximum atomic E-state index is 2.36. The number of anilines is 3. The van der Waals surface area contributed by atoms with Crippen LogP contribution in [0.4, 0.5) is 17.1 Å². The standard InChI is InChI=1S/C40H29N/c1-3-11-30(12-4-1)32-21-25-37(26-22-32)41(40-20-10-16-34-15-7-8-19-39(34)40)38-27-23-33(24-28-38)36-18-9-17-35(29-36)31-13-5-2-6-14-31/h1-29H. The van der Waals surface area contributed by atoms with Crippen LogP contribution in [-0.2, 0) is 0 Å². The van der Waals surface area contributed by atoms with E-state index in [4.69, 9.17) is 0 Å². The van der Waals surface area contributed by atoms with Gasteiger partial charge in [0.1, 0.15) is 0 Å². The van der Waals surface area contributed by atoms with Gasteiger partial charge in [-0.3, -0.25) is 0 Å². The first kappa shape index (κ1) is 24.6. The van der Waals surface area contributed by atoms with E-state index in [1.807, 2.05) is 0 Å². The minimum atomic E-state index is 1.12. The monoisotopic (exact) mass is 523 g/mol. The van der Waals surface area contributed by atoms with Crippen molar-refractivity contribution in [2.75, 3.05) is 4.90 Å². The molecule has 1 nitrogen and oxygen atoms in total. The van der Waals surface area contributed by atoms with E-state index >= 15 is 0 Å². The zero-order chi connectivity index (χ0) is 27.4. The second-order valence-corrected chi connectivity index (χ2v) is 10.2. The van der Waals surface area contributed by atoms with E-state index in [0.717, 1.165) is 17.1 Å². The molecule has 0 saturated heterocycles. The van der Waals surface area contributed by atoms with Crippen molar-refractivity contribution in [1.29, 1.82) is 0 Å². The van der Waals surface area contributed by atoms with Gasteiger partial charge < -0.3 is 4.90 Å². The van der Waals surface area contributed by atoms with Gasteiger partial charge in [0, 0.05) is 16.8 Å². The van der Waals surface area contributed by atoms with Crippen molar-refractivity contribution in [3.8, 4) is 33.4 Å². The van der Waals surface area contributed by atoms with Crippen molar-refractivity contribution in [2.45, 2.75) is 0 Å². The Morgan fingerprint density at radius 2 is 0.707 bits per heavy atom. The third-order valence-electron chi connectivity index (χ3n) is 7.67. The molecule has 0 fully saturated rings. The van der Waals surface area contributed by atoms with Crippen molar-refractivity contribution in [3.63, 3.8) is 0 Å². The first-order valence-corrected chi connectivity index (χ1v) is 14.0. The minimum absolute atomic E-state index is 1.12. The summed E-state index contributed by atoms with van der Waals surface area (Å²) in [5.74, 6) is 0. The Hall–Kier alpha value is -5.40. The molecule has 0 radical (unpaired) electrons. The van der Waals surface area contributed by atoms with Crippen molar-refractivity contribution in [2.24, 2.45) is 0 Å². The predicted molar refractivity (Wildman–Crippen MR) is 175 cm³/mol. The molecule has 194 valence electrons. The zero-order valence-electron chi connectivity index (χ0n) is 22.7. The number of nitrogens with zero attached hydrogens (tertiary/aromatic N) is 1. The molecule has 0 saturated carbocycles. The van der Waals surface area contributed by atoms with Gasteiger partial charge in [0.25, 0.3) is 0 Å². The summed E-state index contributed by atoms with van der Waals surface area (Å²) in [6, 6.07) is 62.8. The van der Waals surface area contributed by atoms with Gasteiger partial charge in [0.15, 0.2) is 0 Å². The molecule has 0 aliphatic carbocycles. The van der Waals surface area contributed by atoms with Crippen LogP contribution in [0.15, 0.2) is 176 Å². The molecule has 0 aliphatic heterocycles. The van der Waals surface area contributed by atoms with Gasteiger partial charge in [0.2, 0.25) is 0 Å². The number of hydrogen-bond donors (Lipinski definition) is 0. The zero-order valence-corrected chi connectivity index (χ0v) is 22.7. The van der Waals surface area contributed by atoms with E-state index in [1.165, 1.54) is 44.2 Å². The fraction of sp³-hybridized carbons (Fsp3) is 0. The van der Waals surface area contributed by atoms with Crippen LogP contribution in [0, 0.1) is 0 Å². The van der Waals surface area contributed by atoms with Crippen LogP contribution in [0.5, 0.6) is 0 Å². The first-order chi connectivity index (χ1) is 20.3. The summed E-state index contributed by atoms with van der Waals surface area (Å²) in [4.78, 5) is 2.36. The van der Waals surface area contributed by atoms with Crippen LogP contribution in [0.2, 0.25) is 0 Å². The number of benzene rings is 7. The van der Waals surface area contributed by atoms with Crippen LogP contribution < -0.4 is 4.90 Å². The third-order valence-corrected chi connectivity index (χ3v) is 7.67. The Morgan fingerprint density at radius 3 is 1.32 bits per heavy atom. The highest BCUT2D eigenvalue weighted by atomic mass is 15.1. The van der Waals surface area contributed by atoms with Crippen molar-refractivity contribution >= 4 is 27.8 Å². The highest BCUT2D eigenvalue weighted by molar-refractivity contribution is 5.99.